The number of ether oxygens (including phenoxy) is 2. The highest BCUT2D eigenvalue weighted by molar-refractivity contribution is 9.10. The van der Waals surface area contributed by atoms with E-state index >= 15 is 0 Å². The van der Waals surface area contributed by atoms with E-state index in [-0.39, 0.29) is 18.3 Å². The van der Waals surface area contributed by atoms with Crippen molar-refractivity contribution >= 4 is 33.9 Å². The van der Waals surface area contributed by atoms with Crippen molar-refractivity contribution in [1.82, 2.24) is 4.90 Å². The van der Waals surface area contributed by atoms with Crippen molar-refractivity contribution in [2.75, 3.05) is 27.3 Å². The summed E-state index contributed by atoms with van der Waals surface area (Å²) in [4.78, 5) is 24.9. The Morgan fingerprint density at radius 2 is 2.05 bits per heavy atom. The maximum Gasteiger partial charge on any atom is 0.307 e. The molecule has 0 heterocycles. The van der Waals surface area contributed by atoms with Gasteiger partial charge in [-0.05, 0) is 31.2 Å². The summed E-state index contributed by atoms with van der Waals surface area (Å²) >= 11 is 3.39. The smallest absolute Gasteiger partial charge is 0.307 e. The number of halogens is 1. The van der Waals surface area contributed by atoms with E-state index in [1.165, 1.54) is 13.2 Å². The number of benzene rings is 1. The second-order valence-electron chi connectivity index (χ2n) is 4.46. The number of amides is 1. The Hall–Kier alpha value is -1.82. The minimum atomic E-state index is -0.330. The first-order valence-electron chi connectivity index (χ1n) is 6.89. The predicted molar refractivity (Wildman–Crippen MR) is 88.6 cm³/mol. The van der Waals surface area contributed by atoms with Gasteiger partial charge in [-0.2, -0.15) is 0 Å². The van der Waals surface area contributed by atoms with Crippen LogP contribution >= 0.6 is 15.9 Å². The Bertz CT molecular complexity index is 557. The molecule has 0 aromatic heterocycles. The van der Waals surface area contributed by atoms with Crippen molar-refractivity contribution in [2.24, 2.45) is 0 Å². The normalized spacial score (nSPS) is 10.5. The molecule has 0 radical (unpaired) electrons. The van der Waals surface area contributed by atoms with Crippen LogP contribution in [0.3, 0.4) is 0 Å². The maximum atomic E-state index is 12.2. The van der Waals surface area contributed by atoms with Gasteiger partial charge in [0, 0.05) is 29.2 Å². The third-order valence-corrected chi connectivity index (χ3v) is 3.60. The molecule has 0 unspecified atom stereocenters. The molecule has 1 amide bonds. The molecule has 5 nitrogen and oxygen atoms in total. The first-order valence-corrected chi connectivity index (χ1v) is 7.68. The molecule has 0 aliphatic carbocycles. The molecule has 22 heavy (non-hydrogen) atoms. The van der Waals surface area contributed by atoms with Crippen LogP contribution in [-0.4, -0.2) is 44.1 Å². The van der Waals surface area contributed by atoms with Gasteiger partial charge in [-0.15, -0.1) is 0 Å². The van der Waals surface area contributed by atoms with E-state index in [0.29, 0.717) is 18.8 Å². The molecule has 0 fully saturated rings. The molecule has 0 aliphatic heterocycles. The summed E-state index contributed by atoms with van der Waals surface area (Å²) in [6.45, 7) is 2.72. The lowest BCUT2D eigenvalue weighted by atomic mass is 10.2. The summed E-state index contributed by atoms with van der Waals surface area (Å²) in [7, 11) is 2.91. The number of hydrogen-bond donors (Lipinski definition) is 0. The van der Waals surface area contributed by atoms with Crippen LogP contribution in [0.15, 0.2) is 28.7 Å². The van der Waals surface area contributed by atoms with Crippen LogP contribution in [-0.2, 0) is 14.3 Å². The lowest BCUT2D eigenvalue weighted by Gasteiger charge is -2.18. The first-order chi connectivity index (χ1) is 10.5. The SMILES string of the molecule is CCN(CCC(=O)OC)C(=O)/C=C/c1cc(Br)ccc1OC. The number of rotatable bonds is 7. The molecule has 0 saturated carbocycles. The molecular formula is C16H20BrNO4. The number of hydrogen-bond acceptors (Lipinski definition) is 4. The summed E-state index contributed by atoms with van der Waals surface area (Å²) < 4.78 is 10.7. The molecular weight excluding hydrogens is 350 g/mol. The quantitative estimate of drug-likeness (QED) is 0.547. The summed E-state index contributed by atoms with van der Waals surface area (Å²) in [6.07, 6.45) is 3.36. The minimum Gasteiger partial charge on any atom is -0.496 e. The largest absolute Gasteiger partial charge is 0.496 e. The number of esters is 1. The number of carbonyl (C=O) groups is 2. The van der Waals surface area contributed by atoms with Crippen LogP contribution in [0, 0.1) is 0 Å². The molecule has 0 atom stereocenters. The lowest BCUT2D eigenvalue weighted by Crippen LogP contribution is -2.31. The standard InChI is InChI=1S/C16H20BrNO4/c1-4-18(10-9-16(20)22-3)15(19)8-5-12-11-13(17)6-7-14(12)21-2/h5-8,11H,4,9-10H2,1-3H3/b8-5+. The van der Waals surface area contributed by atoms with Crippen molar-refractivity contribution in [2.45, 2.75) is 13.3 Å². The fourth-order valence-corrected chi connectivity index (χ4v) is 2.23. The van der Waals surface area contributed by atoms with Gasteiger partial charge in [0.25, 0.3) is 0 Å². The molecule has 1 aromatic carbocycles. The maximum absolute atomic E-state index is 12.2. The summed E-state index contributed by atoms with van der Waals surface area (Å²) in [5.74, 6) is 0.196. The Balaban J connectivity index is 2.77. The second-order valence-corrected chi connectivity index (χ2v) is 5.38. The Morgan fingerprint density at radius 1 is 1.32 bits per heavy atom. The van der Waals surface area contributed by atoms with Gasteiger partial charge in [0.1, 0.15) is 5.75 Å². The topological polar surface area (TPSA) is 55.8 Å². The van der Waals surface area contributed by atoms with Gasteiger partial charge >= 0.3 is 5.97 Å². The van der Waals surface area contributed by atoms with Gasteiger partial charge in [-0.1, -0.05) is 15.9 Å². The zero-order valence-corrected chi connectivity index (χ0v) is 14.6. The third kappa shape index (κ3) is 5.52. The molecule has 6 heteroatoms. The molecule has 0 spiro atoms. The van der Waals surface area contributed by atoms with E-state index in [0.717, 1.165) is 10.0 Å². The van der Waals surface area contributed by atoms with Gasteiger partial charge in [0.2, 0.25) is 5.91 Å². The molecule has 120 valence electrons. The van der Waals surface area contributed by atoms with Crippen LogP contribution in [0.1, 0.15) is 18.9 Å². The van der Waals surface area contributed by atoms with E-state index < -0.39 is 0 Å². The summed E-state index contributed by atoms with van der Waals surface area (Å²) in [5, 5.41) is 0. The van der Waals surface area contributed by atoms with Crippen LogP contribution in [0.25, 0.3) is 6.08 Å². The highest BCUT2D eigenvalue weighted by Gasteiger charge is 2.11. The van der Waals surface area contributed by atoms with Crippen molar-refractivity contribution in [3.8, 4) is 5.75 Å². The van der Waals surface area contributed by atoms with Gasteiger partial charge < -0.3 is 14.4 Å². The first kappa shape index (κ1) is 18.2. The van der Waals surface area contributed by atoms with Crippen molar-refractivity contribution in [3.63, 3.8) is 0 Å². The number of likely N-dealkylation sites (N-methyl/N-ethyl adjacent to an activating group) is 1. The van der Waals surface area contributed by atoms with E-state index in [2.05, 4.69) is 20.7 Å². The van der Waals surface area contributed by atoms with Crippen molar-refractivity contribution in [1.29, 1.82) is 0 Å². The zero-order valence-electron chi connectivity index (χ0n) is 13.0. The van der Waals surface area contributed by atoms with Gasteiger partial charge in [-0.3, -0.25) is 9.59 Å². The van der Waals surface area contributed by atoms with Crippen molar-refractivity contribution in [3.05, 3.63) is 34.3 Å². The van der Waals surface area contributed by atoms with Crippen LogP contribution in [0.5, 0.6) is 5.75 Å². The van der Waals surface area contributed by atoms with E-state index in [4.69, 9.17) is 4.74 Å². The Kier molecular flexibility index (Phi) is 7.66. The van der Waals surface area contributed by atoms with Crippen LogP contribution < -0.4 is 4.74 Å². The van der Waals surface area contributed by atoms with Gasteiger partial charge in [0.15, 0.2) is 0 Å². The molecule has 0 aliphatic rings. The number of carbonyl (C=O) groups excluding carboxylic acids is 2. The highest BCUT2D eigenvalue weighted by Crippen LogP contribution is 2.24. The van der Waals surface area contributed by atoms with Gasteiger partial charge in [-0.25, -0.2) is 0 Å². The summed E-state index contributed by atoms with van der Waals surface area (Å²) in [5.41, 5.74) is 0.800. The fraction of sp³-hybridized carbons (Fsp3) is 0.375. The average molecular weight is 370 g/mol. The monoisotopic (exact) mass is 369 g/mol. The number of methoxy groups -OCH3 is 2. The van der Waals surface area contributed by atoms with Crippen molar-refractivity contribution < 1.29 is 19.1 Å². The van der Waals surface area contributed by atoms with Crippen LogP contribution in [0.2, 0.25) is 0 Å². The fourth-order valence-electron chi connectivity index (χ4n) is 1.85. The third-order valence-electron chi connectivity index (χ3n) is 3.10. The molecule has 0 saturated heterocycles. The minimum absolute atomic E-state index is 0.159. The Morgan fingerprint density at radius 3 is 2.64 bits per heavy atom. The molecule has 1 aromatic rings. The van der Waals surface area contributed by atoms with E-state index in [1.54, 1.807) is 18.1 Å². The molecule has 0 bridgehead atoms. The van der Waals surface area contributed by atoms with E-state index in [9.17, 15) is 9.59 Å². The second kappa shape index (κ2) is 9.25. The van der Waals surface area contributed by atoms with E-state index in [1.807, 2.05) is 25.1 Å². The Labute approximate surface area is 139 Å². The highest BCUT2D eigenvalue weighted by atomic mass is 79.9. The zero-order chi connectivity index (χ0) is 16.5. The molecule has 0 N–H and O–H groups in total. The number of nitrogens with zero attached hydrogens (tertiary/aromatic N) is 1. The van der Waals surface area contributed by atoms with Crippen LogP contribution in [0.4, 0.5) is 0 Å². The average Bonchev–Trinajstić information content (AvgIpc) is 2.53. The predicted octanol–water partition coefficient (Wildman–Crippen LogP) is 2.88. The summed E-state index contributed by atoms with van der Waals surface area (Å²) in [6, 6.07) is 5.56. The lowest BCUT2D eigenvalue weighted by molar-refractivity contribution is -0.141. The van der Waals surface area contributed by atoms with Gasteiger partial charge in [0.05, 0.1) is 20.6 Å². The molecule has 1 rings (SSSR count).